The van der Waals surface area contributed by atoms with Gasteiger partial charge in [-0.2, -0.15) is 4.98 Å². The molecule has 0 saturated heterocycles. The first-order valence-corrected chi connectivity index (χ1v) is 9.28. The lowest BCUT2D eigenvalue weighted by molar-refractivity contribution is -0.127. The zero-order valence-electron chi connectivity index (χ0n) is 14.3. The van der Waals surface area contributed by atoms with Crippen LogP contribution in [0.1, 0.15) is 45.6 Å². The maximum atomic E-state index is 12.4. The lowest BCUT2D eigenvalue weighted by atomic mass is 10.2. The van der Waals surface area contributed by atoms with Crippen molar-refractivity contribution in [2.24, 2.45) is 0 Å². The van der Waals surface area contributed by atoms with Gasteiger partial charge in [0.15, 0.2) is 5.16 Å². The Balaban J connectivity index is 2.15. The Hall–Kier alpha value is -1.76. The highest BCUT2D eigenvalue weighted by molar-refractivity contribution is 7.99. The summed E-state index contributed by atoms with van der Waals surface area (Å²) in [6.45, 7) is 8.78. The SMILES string of the molecule is C=C(C)CN(CC)C(=O)CSc1nc(O)cc(=O)n1C1CCCC1. The van der Waals surface area contributed by atoms with Crippen LogP contribution in [0.5, 0.6) is 5.88 Å². The number of aromatic hydroxyl groups is 1. The molecule has 7 heteroatoms. The molecule has 0 atom stereocenters. The Morgan fingerprint density at radius 3 is 2.75 bits per heavy atom. The number of nitrogens with zero attached hydrogens (tertiary/aromatic N) is 3. The van der Waals surface area contributed by atoms with Gasteiger partial charge in [0.1, 0.15) is 0 Å². The molecular weight excluding hydrogens is 326 g/mol. The van der Waals surface area contributed by atoms with Crippen molar-refractivity contribution < 1.29 is 9.90 Å². The van der Waals surface area contributed by atoms with Crippen LogP contribution in [0.25, 0.3) is 0 Å². The molecule has 1 fully saturated rings. The van der Waals surface area contributed by atoms with Crippen LogP contribution in [0, 0.1) is 0 Å². The van der Waals surface area contributed by atoms with E-state index in [0.717, 1.165) is 37.3 Å². The number of carbonyl (C=O) groups is 1. The van der Waals surface area contributed by atoms with E-state index in [9.17, 15) is 14.7 Å². The minimum atomic E-state index is -0.293. The molecule has 0 unspecified atom stereocenters. The summed E-state index contributed by atoms with van der Waals surface area (Å²) in [6, 6.07) is 1.25. The summed E-state index contributed by atoms with van der Waals surface area (Å²) in [5.74, 6) is -0.136. The predicted octanol–water partition coefficient (Wildman–Crippen LogP) is 2.58. The summed E-state index contributed by atoms with van der Waals surface area (Å²) >= 11 is 1.21. The molecule has 2 rings (SSSR count). The van der Waals surface area contributed by atoms with Gasteiger partial charge < -0.3 is 10.0 Å². The van der Waals surface area contributed by atoms with Crippen LogP contribution in [0.2, 0.25) is 0 Å². The number of hydrogen-bond donors (Lipinski definition) is 1. The van der Waals surface area contributed by atoms with Crippen molar-refractivity contribution in [1.29, 1.82) is 0 Å². The Bertz CT molecular complexity index is 666. The quantitative estimate of drug-likeness (QED) is 0.464. The van der Waals surface area contributed by atoms with E-state index in [2.05, 4.69) is 11.6 Å². The highest BCUT2D eigenvalue weighted by Crippen LogP contribution is 2.31. The van der Waals surface area contributed by atoms with Crippen molar-refractivity contribution >= 4 is 17.7 Å². The molecule has 1 N–H and O–H groups in total. The van der Waals surface area contributed by atoms with Gasteiger partial charge in [0.2, 0.25) is 11.8 Å². The number of carbonyl (C=O) groups excluding carboxylic acids is 1. The number of amides is 1. The second kappa shape index (κ2) is 8.37. The molecule has 0 radical (unpaired) electrons. The van der Waals surface area contributed by atoms with Crippen molar-refractivity contribution in [3.8, 4) is 5.88 Å². The Kier molecular flexibility index (Phi) is 6.48. The zero-order valence-corrected chi connectivity index (χ0v) is 15.1. The first kappa shape index (κ1) is 18.6. The minimum absolute atomic E-state index is 0.0268. The summed E-state index contributed by atoms with van der Waals surface area (Å²) in [6.07, 6.45) is 4.04. The van der Waals surface area contributed by atoms with E-state index >= 15 is 0 Å². The number of rotatable bonds is 7. The number of aromatic nitrogens is 2. The molecule has 132 valence electrons. The molecule has 0 bridgehead atoms. The standard InChI is InChI=1S/C17H25N3O3S/c1-4-19(10-12(2)3)16(23)11-24-17-18-14(21)9-15(22)20(17)13-7-5-6-8-13/h9,13,21H,2,4-8,10-11H2,1,3H3. The van der Waals surface area contributed by atoms with Gasteiger partial charge in [0.25, 0.3) is 5.56 Å². The highest BCUT2D eigenvalue weighted by Gasteiger charge is 2.23. The lowest BCUT2D eigenvalue weighted by Crippen LogP contribution is -2.34. The first-order chi connectivity index (χ1) is 11.4. The number of thioether (sulfide) groups is 1. The van der Waals surface area contributed by atoms with E-state index in [1.165, 1.54) is 11.8 Å². The maximum Gasteiger partial charge on any atom is 0.258 e. The Morgan fingerprint density at radius 1 is 1.50 bits per heavy atom. The fraction of sp³-hybridized carbons (Fsp3) is 0.588. The molecular formula is C17H25N3O3S. The smallest absolute Gasteiger partial charge is 0.258 e. The van der Waals surface area contributed by atoms with E-state index in [1.54, 1.807) is 9.47 Å². The van der Waals surface area contributed by atoms with Gasteiger partial charge in [-0.05, 0) is 26.7 Å². The molecule has 0 aliphatic heterocycles. The lowest BCUT2D eigenvalue weighted by Gasteiger charge is -2.21. The van der Waals surface area contributed by atoms with Gasteiger partial charge in [-0.25, -0.2) is 0 Å². The molecule has 1 heterocycles. The second-order valence-electron chi connectivity index (χ2n) is 6.20. The van der Waals surface area contributed by atoms with Crippen molar-refractivity contribution in [3.05, 3.63) is 28.6 Å². The first-order valence-electron chi connectivity index (χ1n) is 8.29. The molecule has 1 aromatic rings. The monoisotopic (exact) mass is 351 g/mol. The van der Waals surface area contributed by atoms with Crippen LogP contribution in [-0.4, -0.2) is 44.3 Å². The van der Waals surface area contributed by atoms with Crippen LogP contribution < -0.4 is 5.56 Å². The average Bonchev–Trinajstić information content (AvgIpc) is 3.03. The molecule has 1 aliphatic carbocycles. The summed E-state index contributed by atoms with van der Waals surface area (Å²) in [5, 5.41) is 10.1. The van der Waals surface area contributed by atoms with Crippen LogP contribution in [0.15, 0.2) is 28.2 Å². The van der Waals surface area contributed by atoms with E-state index in [4.69, 9.17) is 0 Å². The van der Waals surface area contributed by atoms with Crippen LogP contribution >= 0.6 is 11.8 Å². The summed E-state index contributed by atoms with van der Waals surface area (Å²) in [5.41, 5.74) is 0.673. The highest BCUT2D eigenvalue weighted by atomic mass is 32.2. The molecule has 1 aliphatic rings. The third kappa shape index (κ3) is 4.63. The van der Waals surface area contributed by atoms with E-state index in [1.807, 2.05) is 13.8 Å². The van der Waals surface area contributed by atoms with Gasteiger partial charge in [-0.15, -0.1) is 0 Å². The van der Waals surface area contributed by atoms with Gasteiger partial charge in [0.05, 0.1) is 11.8 Å². The van der Waals surface area contributed by atoms with Gasteiger partial charge in [0, 0.05) is 19.1 Å². The van der Waals surface area contributed by atoms with E-state index < -0.39 is 0 Å². The molecule has 1 amide bonds. The fourth-order valence-corrected chi connectivity index (χ4v) is 3.95. The average molecular weight is 351 g/mol. The summed E-state index contributed by atoms with van der Waals surface area (Å²) < 4.78 is 1.64. The third-order valence-electron chi connectivity index (χ3n) is 4.12. The Labute approximate surface area is 146 Å². The van der Waals surface area contributed by atoms with Gasteiger partial charge in [-0.1, -0.05) is 36.8 Å². The van der Waals surface area contributed by atoms with Crippen molar-refractivity contribution in [1.82, 2.24) is 14.5 Å². The second-order valence-corrected chi connectivity index (χ2v) is 7.14. The normalized spacial score (nSPS) is 14.8. The predicted molar refractivity (Wildman–Crippen MR) is 95.5 cm³/mol. The molecule has 24 heavy (non-hydrogen) atoms. The molecule has 0 aromatic carbocycles. The third-order valence-corrected chi connectivity index (χ3v) is 5.05. The fourth-order valence-electron chi connectivity index (χ4n) is 2.98. The van der Waals surface area contributed by atoms with E-state index in [0.29, 0.717) is 18.2 Å². The topological polar surface area (TPSA) is 75.4 Å². The number of likely N-dealkylation sites (N-methyl/N-ethyl adjacent to an activating group) is 1. The van der Waals surface area contributed by atoms with Gasteiger partial charge >= 0.3 is 0 Å². The summed E-state index contributed by atoms with van der Waals surface area (Å²) in [7, 11) is 0. The largest absolute Gasteiger partial charge is 0.493 e. The van der Waals surface area contributed by atoms with Crippen LogP contribution in [-0.2, 0) is 4.79 Å². The Morgan fingerprint density at radius 2 is 2.17 bits per heavy atom. The van der Waals surface area contributed by atoms with Crippen molar-refractivity contribution in [2.45, 2.75) is 50.7 Å². The molecule has 6 nitrogen and oxygen atoms in total. The van der Waals surface area contributed by atoms with Crippen LogP contribution in [0.4, 0.5) is 0 Å². The van der Waals surface area contributed by atoms with E-state index in [-0.39, 0.29) is 29.1 Å². The number of hydrogen-bond acceptors (Lipinski definition) is 5. The zero-order chi connectivity index (χ0) is 17.7. The molecule has 1 aromatic heterocycles. The maximum absolute atomic E-state index is 12.4. The molecule has 1 saturated carbocycles. The van der Waals surface area contributed by atoms with Crippen molar-refractivity contribution in [3.63, 3.8) is 0 Å². The summed E-state index contributed by atoms with van der Waals surface area (Å²) in [4.78, 5) is 30.5. The van der Waals surface area contributed by atoms with Gasteiger partial charge in [-0.3, -0.25) is 14.2 Å². The van der Waals surface area contributed by atoms with Crippen LogP contribution in [0.3, 0.4) is 0 Å². The molecule has 0 spiro atoms. The van der Waals surface area contributed by atoms with Crippen molar-refractivity contribution in [2.75, 3.05) is 18.8 Å². The minimum Gasteiger partial charge on any atom is -0.493 e.